The first-order chi connectivity index (χ1) is 7.66. The second-order valence-corrected chi connectivity index (χ2v) is 4.10. The van der Waals surface area contributed by atoms with Gasteiger partial charge in [0.15, 0.2) is 0 Å². The molecular weight excluding hydrogens is 231 g/mol. The largest absolute Gasteiger partial charge is 0.472 e. The van der Waals surface area contributed by atoms with Crippen molar-refractivity contribution in [1.82, 2.24) is 0 Å². The molecule has 5 heteroatoms. The van der Waals surface area contributed by atoms with Crippen LogP contribution in [0.4, 0.5) is 10.1 Å². The van der Waals surface area contributed by atoms with E-state index in [1.165, 1.54) is 6.07 Å². The minimum absolute atomic E-state index is 0.0140. The summed E-state index contributed by atoms with van der Waals surface area (Å²) in [5, 5.41) is 0.394. The van der Waals surface area contributed by atoms with Crippen molar-refractivity contribution in [2.24, 2.45) is 4.99 Å². The summed E-state index contributed by atoms with van der Waals surface area (Å²) >= 11 is 5.68. The van der Waals surface area contributed by atoms with E-state index in [4.69, 9.17) is 16.3 Å². The van der Waals surface area contributed by atoms with Gasteiger partial charge < -0.3 is 9.64 Å². The van der Waals surface area contributed by atoms with E-state index in [9.17, 15) is 4.39 Å². The summed E-state index contributed by atoms with van der Waals surface area (Å²) in [5.74, 6) is -0.332. The van der Waals surface area contributed by atoms with E-state index in [0.29, 0.717) is 23.9 Å². The van der Waals surface area contributed by atoms with Crippen LogP contribution in [-0.4, -0.2) is 32.6 Å². The van der Waals surface area contributed by atoms with E-state index >= 15 is 0 Å². The van der Waals surface area contributed by atoms with Gasteiger partial charge in [-0.1, -0.05) is 11.6 Å². The number of benzene rings is 1. The van der Waals surface area contributed by atoms with Crippen molar-refractivity contribution < 1.29 is 9.13 Å². The molecule has 0 saturated carbocycles. The van der Waals surface area contributed by atoms with Gasteiger partial charge in [-0.15, -0.1) is 0 Å². The van der Waals surface area contributed by atoms with Crippen molar-refractivity contribution in [2.75, 3.05) is 25.1 Å². The van der Waals surface area contributed by atoms with E-state index < -0.39 is 0 Å². The number of hydrogen-bond donors (Lipinski definition) is 0. The number of nitrogens with zero attached hydrogens (tertiary/aromatic N) is 2. The third kappa shape index (κ3) is 2.44. The lowest BCUT2D eigenvalue weighted by Crippen LogP contribution is -2.29. The molecule has 1 heterocycles. The van der Waals surface area contributed by atoms with Crippen LogP contribution >= 0.6 is 11.6 Å². The molecule has 0 bridgehead atoms. The Bertz CT molecular complexity index is 411. The highest BCUT2D eigenvalue weighted by atomic mass is 35.5. The number of ether oxygens (including phenoxy) is 1. The maximum absolute atomic E-state index is 13.6. The van der Waals surface area contributed by atoms with Crippen LogP contribution in [-0.2, 0) is 4.74 Å². The van der Waals surface area contributed by atoms with Gasteiger partial charge in [-0.25, -0.2) is 9.38 Å². The van der Waals surface area contributed by atoms with Crippen molar-refractivity contribution in [3.63, 3.8) is 0 Å². The van der Waals surface area contributed by atoms with E-state index in [-0.39, 0.29) is 11.9 Å². The molecular formula is C11H11ClFN2O. The molecule has 1 unspecified atom stereocenters. The predicted octanol–water partition coefficient (Wildman–Crippen LogP) is 2.22. The summed E-state index contributed by atoms with van der Waals surface area (Å²) in [6.07, 6.45) is 2.44. The predicted molar refractivity (Wildman–Crippen MR) is 61.9 cm³/mol. The maximum Gasteiger partial charge on any atom is 0.273 e. The third-order valence-corrected chi connectivity index (χ3v) is 2.62. The molecule has 1 aromatic rings. The molecule has 2 rings (SSSR count). The van der Waals surface area contributed by atoms with Gasteiger partial charge in [0.2, 0.25) is 0 Å². The van der Waals surface area contributed by atoms with Crippen LogP contribution in [0.1, 0.15) is 0 Å². The molecule has 1 aliphatic rings. The summed E-state index contributed by atoms with van der Waals surface area (Å²) in [7, 11) is 1.81. The Morgan fingerprint density at radius 2 is 2.50 bits per heavy atom. The summed E-state index contributed by atoms with van der Waals surface area (Å²) in [6, 6.07) is 4.63. The molecule has 0 saturated heterocycles. The van der Waals surface area contributed by atoms with Crippen LogP contribution in [0.25, 0.3) is 0 Å². The minimum atomic E-state index is -0.332. The summed E-state index contributed by atoms with van der Waals surface area (Å²) < 4.78 is 18.5. The Labute approximate surface area is 98.5 Å². The number of rotatable bonds is 3. The zero-order chi connectivity index (χ0) is 11.5. The molecule has 0 aromatic heterocycles. The Morgan fingerprint density at radius 3 is 3.12 bits per heavy atom. The highest BCUT2D eigenvalue weighted by molar-refractivity contribution is 6.30. The second kappa shape index (κ2) is 4.70. The zero-order valence-electron chi connectivity index (χ0n) is 8.78. The monoisotopic (exact) mass is 241 g/mol. The Kier molecular flexibility index (Phi) is 3.29. The van der Waals surface area contributed by atoms with Crippen LogP contribution in [0.5, 0.6) is 0 Å². The Hall–Kier alpha value is -1.29. The van der Waals surface area contributed by atoms with Crippen molar-refractivity contribution >= 4 is 23.7 Å². The van der Waals surface area contributed by atoms with Gasteiger partial charge in [-0.2, -0.15) is 0 Å². The van der Waals surface area contributed by atoms with Crippen LogP contribution in [0.3, 0.4) is 0 Å². The van der Waals surface area contributed by atoms with Crippen LogP contribution < -0.4 is 4.90 Å². The molecule has 16 heavy (non-hydrogen) atoms. The quantitative estimate of drug-likeness (QED) is 0.811. The van der Waals surface area contributed by atoms with Crippen LogP contribution in [0, 0.1) is 5.82 Å². The van der Waals surface area contributed by atoms with Gasteiger partial charge in [0.05, 0.1) is 5.69 Å². The molecule has 85 valence electrons. The summed E-state index contributed by atoms with van der Waals surface area (Å²) in [4.78, 5) is 5.77. The Balaban J connectivity index is 2.07. The van der Waals surface area contributed by atoms with E-state index in [1.807, 2.05) is 0 Å². The molecule has 0 N–H and O–H groups in total. The first-order valence-corrected chi connectivity index (χ1v) is 5.27. The fraction of sp³-hybridized carbons (Fsp3) is 0.364. The lowest BCUT2D eigenvalue weighted by molar-refractivity contribution is 0.329. The topological polar surface area (TPSA) is 24.8 Å². The minimum Gasteiger partial charge on any atom is -0.472 e. The maximum atomic E-state index is 13.6. The summed E-state index contributed by atoms with van der Waals surface area (Å²) in [5.41, 5.74) is 0.506. The fourth-order valence-corrected chi connectivity index (χ4v) is 1.74. The van der Waals surface area contributed by atoms with Crippen LogP contribution in [0.2, 0.25) is 5.02 Å². The lowest BCUT2D eigenvalue weighted by atomic mass is 10.2. The average Bonchev–Trinajstić information content (AvgIpc) is 2.70. The first-order valence-electron chi connectivity index (χ1n) is 4.89. The van der Waals surface area contributed by atoms with Gasteiger partial charge in [-0.3, -0.25) is 0 Å². The zero-order valence-corrected chi connectivity index (χ0v) is 9.54. The molecule has 1 radical (unpaired) electrons. The molecule has 3 nitrogen and oxygen atoms in total. The number of likely N-dealkylation sites (N-methyl/N-ethyl adjacent to an activating group) is 1. The third-order valence-electron chi connectivity index (χ3n) is 2.38. The van der Waals surface area contributed by atoms with E-state index in [1.54, 1.807) is 24.1 Å². The number of anilines is 1. The van der Waals surface area contributed by atoms with Crippen molar-refractivity contribution in [3.05, 3.63) is 29.0 Å². The van der Waals surface area contributed by atoms with Gasteiger partial charge >= 0.3 is 0 Å². The Morgan fingerprint density at radius 1 is 1.69 bits per heavy atom. The molecule has 1 aliphatic heterocycles. The number of aliphatic imine (C=N–C) groups is 1. The molecule has 0 fully saturated rings. The van der Waals surface area contributed by atoms with Gasteiger partial charge in [0.1, 0.15) is 18.5 Å². The molecule has 1 atom stereocenters. The van der Waals surface area contributed by atoms with E-state index in [0.717, 1.165) is 0 Å². The van der Waals surface area contributed by atoms with Gasteiger partial charge in [0.25, 0.3) is 6.40 Å². The highest BCUT2D eigenvalue weighted by Gasteiger charge is 2.17. The van der Waals surface area contributed by atoms with Crippen molar-refractivity contribution in [3.8, 4) is 0 Å². The smallest absolute Gasteiger partial charge is 0.273 e. The first kappa shape index (κ1) is 11.2. The molecule has 0 aliphatic carbocycles. The molecule has 1 aromatic carbocycles. The standard InChI is InChI=1S/C11H11ClFN2O/c1-15(5-9-6-16-7-14-9)11-3-2-8(12)4-10(11)13/h2-4,9H,5-6H2,1H3. The average molecular weight is 242 g/mol. The van der Waals surface area contributed by atoms with Gasteiger partial charge in [0, 0.05) is 18.6 Å². The lowest BCUT2D eigenvalue weighted by Gasteiger charge is -2.21. The van der Waals surface area contributed by atoms with E-state index in [2.05, 4.69) is 11.4 Å². The second-order valence-electron chi connectivity index (χ2n) is 3.66. The highest BCUT2D eigenvalue weighted by Crippen LogP contribution is 2.22. The number of hydrogen-bond acceptors (Lipinski definition) is 3. The summed E-state index contributed by atoms with van der Waals surface area (Å²) in [6.45, 7) is 1.09. The number of halogens is 2. The normalized spacial score (nSPS) is 18.6. The fourth-order valence-electron chi connectivity index (χ4n) is 1.58. The molecule has 0 amide bonds. The van der Waals surface area contributed by atoms with Gasteiger partial charge in [-0.05, 0) is 18.2 Å². The molecule has 0 spiro atoms. The van der Waals surface area contributed by atoms with Crippen molar-refractivity contribution in [1.29, 1.82) is 0 Å². The van der Waals surface area contributed by atoms with Crippen LogP contribution in [0.15, 0.2) is 23.2 Å². The SMILES string of the molecule is CN(CC1CO[C]=N1)c1ccc(Cl)cc1F. The van der Waals surface area contributed by atoms with Crippen molar-refractivity contribution in [2.45, 2.75) is 6.04 Å².